The predicted octanol–water partition coefficient (Wildman–Crippen LogP) is 0.217. The molecule has 0 spiro atoms. The maximum atomic E-state index is 9.97. The summed E-state index contributed by atoms with van der Waals surface area (Å²) in [5.74, 6) is 0.306. The molecule has 1 atom stereocenters. The van der Waals surface area contributed by atoms with Crippen LogP contribution in [0.1, 0.15) is 6.42 Å². The van der Waals surface area contributed by atoms with Crippen LogP contribution in [-0.4, -0.2) is 19.4 Å². The zero-order valence-corrected chi connectivity index (χ0v) is 5.41. The van der Waals surface area contributed by atoms with E-state index in [0.29, 0.717) is 5.92 Å². The summed E-state index contributed by atoms with van der Waals surface area (Å²) in [6, 6.07) is 0. The van der Waals surface area contributed by atoms with Crippen molar-refractivity contribution in [2.75, 3.05) is 13.1 Å². The molecule has 1 heterocycles. The summed E-state index contributed by atoms with van der Waals surface area (Å²) in [5, 5.41) is 3.09. The zero-order valence-electron chi connectivity index (χ0n) is 4.59. The van der Waals surface area contributed by atoms with Gasteiger partial charge in [-0.2, -0.15) is 0 Å². The van der Waals surface area contributed by atoms with Crippen LogP contribution in [-0.2, 0) is 4.79 Å². The van der Waals surface area contributed by atoms with Crippen LogP contribution in [0, 0.1) is 5.92 Å². The summed E-state index contributed by atoms with van der Waals surface area (Å²) in [4.78, 5) is 9.97. The lowest BCUT2D eigenvalue weighted by Gasteiger charge is -1.89. The van der Waals surface area contributed by atoms with E-state index in [-0.39, 0.29) is 12.4 Å². The molecular formula is C5H10ClNO. The monoisotopic (exact) mass is 135 g/mol. The minimum atomic E-state index is 0. The summed E-state index contributed by atoms with van der Waals surface area (Å²) in [6.07, 6.45) is 2.06. The van der Waals surface area contributed by atoms with Crippen molar-refractivity contribution in [1.29, 1.82) is 0 Å². The summed E-state index contributed by atoms with van der Waals surface area (Å²) in [6.45, 7) is 1.91. The van der Waals surface area contributed by atoms with Crippen molar-refractivity contribution in [3.8, 4) is 0 Å². The number of hydrogen-bond acceptors (Lipinski definition) is 2. The molecule has 1 fully saturated rings. The van der Waals surface area contributed by atoms with Gasteiger partial charge in [0.05, 0.1) is 0 Å². The molecule has 0 aromatic heterocycles. The first-order chi connectivity index (χ1) is 3.43. The molecule has 1 aliphatic rings. The summed E-state index contributed by atoms with van der Waals surface area (Å²) < 4.78 is 0. The SMILES string of the molecule is Cl.O=CC1CCNC1. The molecule has 1 rings (SSSR count). The second kappa shape index (κ2) is 3.87. The Morgan fingerprint density at radius 3 is 2.62 bits per heavy atom. The number of carbonyl (C=O) groups excluding carboxylic acids is 1. The number of carbonyl (C=O) groups is 1. The maximum absolute atomic E-state index is 9.97. The summed E-state index contributed by atoms with van der Waals surface area (Å²) in [5.41, 5.74) is 0. The van der Waals surface area contributed by atoms with Gasteiger partial charge in [-0.25, -0.2) is 0 Å². The van der Waals surface area contributed by atoms with Crippen molar-refractivity contribution < 1.29 is 4.79 Å². The van der Waals surface area contributed by atoms with E-state index in [1.165, 1.54) is 0 Å². The molecule has 0 radical (unpaired) electrons. The quantitative estimate of drug-likeness (QED) is 0.521. The second-order valence-electron chi connectivity index (χ2n) is 1.89. The third-order valence-electron chi connectivity index (χ3n) is 1.29. The Bertz CT molecular complexity index is 70.8. The van der Waals surface area contributed by atoms with Crippen molar-refractivity contribution in [2.45, 2.75) is 6.42 Å². The van der Waals surface area contributed by atoms with Crippen LogP contribution in [0.3, 0.4) is 0 Å². The molecule has 0 amide bonds. The van der Waals surface area contributed by atoms with Gasteiger partial charge in [0.15, 0.2) is 0 Å². The molecule has 1 unspecified atom stereocenters. The van der Waals surface area contributed by atoms with Crippen LogP contribution in [0.15, 0.2) is 0 Å². The molecule has 0 saturated carbocycles. The second-order valence-corrected chi connectivity index (χ2v) is 1.89. The number of nitrogens with one attached hydrogen (secondary N) is 1. The molecule has 0 aromatic carbocycles. The van der Waals surface area contributed by atoms with Crippen molar-refractivity contribution >= 4 is 18.7 Å². The molecule has 2 nitrogen and oxygen atoms in total. The third kappa shape index (κ3) is 1.80. The Balaban J connectivity index is 0.000000490. The van der Waals surface area contributed by atoms with E-state index in [9.17, 15) is 4.79 Å². The van der Waals surface area contributed by atoms with Gasteiger partial charge < -0.3 is 10.1 Å². The first kappa shape index (κ1) is 7.92. The van der Waals surface area contributed by atoms with Gasteiger partial charge in [0.25, 0.3) is 0 Å². The van der Waals surface area contributed by atoms with Gasteiger partial charge in [0.2, 0.25) is 0 Å². The van der Waals surface area contributed by atoms with Gasteiger partial charge in [0.1, 0.15) is 6.29 Å². The van der Waals surface area contributed by atoms with Gasteiger partial charge in [0, 0.05) is 12.5 Å². The molecule has 3 heteroatoms. The number of aldehydes is 1. The van der Waals surface area contributed by atoms with Crippen molar-refractivity contribution in [1.82, 2.24) is 5.32 Å². The minimum absolute atomic E-state index is 0. The van der Waals surface area contributed by atoms with E-state index in [4.69, 9.17) is 0 Å². The van der Waals surface area contributed by atoms with Crippen LogP contribution in [0.4, 0.5) is 0 Å². The fourth-order valence-corrected chi connectivity index (χ4v) is 0.793. The van der Waals surface area contributed by atoms with E-state index in [2.05, 4.69) is 5.32 Å². The minimum Gasteiger partial charge on any atom is -0.316 e. The van der Waals surface area contributed by atoms with Gasteiger partial charge in [-0.05, 0) is 13.0 Å². The Labute approximate surface area is 55.1 Å². The molecule has 48 valence electrons. The highest BCUT2D eigenvalue weighted by Gasteiger charge is 2.11. The normalized spacial score (nSPS) is 26.8. The molecule has 0 aliphatic carbocycles. The largest absolute Gasteiger partial charge is 0.316 e. The molecule has 0 bridgehead atoms. The number of hydrogen-bond donors (Lipinski definition) is 1. The van der Waals surface area contributed by atoms with Crippen LogP contribution >= 0.6 is 12.4 Å². The number of halogens is 1. The molecule has 1 aliphatic heterocycles. The van der Waals surface area contributed by atoms with E-state index in [1.807, 2.05) is 0 Å². The Morgan fingerprint density at radius 2 is 2.38 bits per heavy atom. The highest BCUT2D eigenvalue weighted by atomic mass is 35.5. The Kier molecular flexibility index (Phi) is 3.83. The fraction of sp³-hybridized carbons (Fsp3) is 0.800. The Hall–Kier alpha value is -0.0800. The zero-order chi connectivity index (χ0) is 5.11. The molecule has 1 N–H and O–H groups in total. The van der Waals surface area contributed by atoms with E-state index >= 15 is 0 Å². The average molecular weight is 136 g/mol. The van der Waals surface area contributed by atoms with E-state index < -0.39 is 0 Å². The van der Waals surface area contributed by atoms with Crippen molar-refractivity contribution in [3.63, 3.8) is 0 Å². The molecular weight excluding hydrogens is 126 g/mol. The Morgan fingerprint density at radius 1 is 1.62 bits per heavy atom. The first-order valence-corrected chi connectivity index (χ1v) is 2.59. The lowest BCUT2D eigenvalue weighted by Crippen LogP contribution is -2.09. The highest BCUT2D eigenvalue weighted by Crippen LogP contribution is 2.01. The predicted molar refractivity (Wildman–Crippen MR) is 34.3 cm³/mol. The summed E-state index contributed by atoms with van der Waals surface area (Å²) >= 11 is 0. The van der Waals surface area contributed by atoms with Gasteiger partial charge in [-0.1, -0.05) is 0 Å². The standard InChI is InChI=1S/C5H9NO.ClH/c7-4-5-1-2-6-3-5;/h4-6H,1-3H2;1H. The van der Waals surface area contributed by atoms with E-state index in [1.54, 1.807) is 0 Å². The molecule has 8 heavy (non-hydrogen) atoms. The van der Waals surface area contributed by atoms with Crippen molar-refractivity contribution in [3.05, 3.63) is 0 Å². The third-order valence-corrected chi connectivity index (χ3v) is 1.29. The van der Waals surface area contributed by atoms with Crippen LogP contribution in [0.25, 0.3) is 0 Å². The van der Waals surface area contributed by atoms with Gasteiger partial charge in [-0.3, -0.25) is 0 Å². The highest BCUT2D eigenvalue weighted by molar-refractivity contribution is 5.85. The van der Waals surface area contributed by atoms with Gasteiger partial charge >= 0.3 is 0 Å². The van der Waals surface area contributed by atoms with Crippen LogP contribution in [0.5, 0.6) is 0 Å². The van der Waals surface area contributed by atoms with Gasteiger partial charge in [-0.15, -0.1) is 12.4 Å². The lowest BCUT2D eigenvalue weighted by molar-refractivity contribution is -0.110. The number of rotatable bonds is 1. The smallest absolute Gasteiger partial charge is 0.124 e. The molecule has 1 saturated heterocycles. The fourth-order valence-electron chi connectivity index (χ4n) is 0.793. The average Bonchev–Trinajstić information content (AvgIpc) is 2.14. The topological polar surface area (TPSA) is 29.1 Å². The van der Waals surface area contributed by atoms with Crippen LogP contribution < -0.4 is 5.32 Å². The van der Waals surface area contributed by atoms with Crippen LogP contribution in [0.2, 0.25) is 0 Å². The first-order valence-electron chi connectivity index (χ1n) is 2.59. The summed E-state index contributed by atoms with van der Waals surface area (Å²) in [7, 11) is 0. The van der Waals surface area contributed by atoms with Crippen molar-refractivity contribution in [2.24, 2.45) is 5.92 Å². The van der Waals surface area contributed by atoms with E-state index in [0.717, 1.165) is 25.8 Å². The molecule has 0 aromatic rings. The maximum Gasteiger partial charge on any atom is 0.124 e. The lowest BCUT2D eigenvalue weighted by atomic mass is 10.2.